The molecule has 0 radical (unpaired) electrons. The molecule has 448 valence electrons. The fraction of sp³-hybridized carbons (Fsp3) is 0.317. The zero-order valence-corrected chi connectivity index (χ0v) is 50.8. The first-order chi connectivity index (χ1) is 42.0. The van der Waals surface area contributed by atoms with Crippen molar-refractivity contribution in [2.75, 3.05) is 30.5 Å². The van der Waals surface area contributed by atoms with Gasteiger partial charge in [0.1, 0.15) is 31.1 Å². The molecule has 2 saturated heterocycles. The van der Waals surface area contributed by atoms with E-state index in [4.69, 9.17) is 27.9 Å². The van der Waals surface area contributed by atoms with E-state index in [1.807, 2.05) is 73.7 Å². The summed E-state index contributed by atoms with van der Waals surface area (Å²) >= 11 is 0. The predicted molar refractivity (Wildman–Crippen MR) is 328 cm³/mol. The summed E-state index contributed by atoms with van der Waals surface area (Å²) < 4.78 is 53.6. The lowest BCUT2D eigenvalue weighted by Crippen LogP contribution is -2.55. The summed E-state index contributed by atoms with van der Waals surface area (Å²) in [6.07, 6.45) is 0.701. The van der Waals surface area contributed by atoms with Gasteiger partial charge in [-0.3, -0.25) is 33.1 Å². The molecule has 87 heavy (non-hydrogen) atoms. The molecule has 2 unspecified atom stereocenters. The first-order valence-corrected chi connectivity index (χ1v) is 33.1. The number of hydrogen-bond donors (Lipinski definition) is 5. The minimum absolute atomic E-state index is 0.143. The molecule has 5 N–H and O–H groups in total. The number of anilines is 2. The summed E-state index contributed by atoms with van der Waals surface area (Å²) in [7, 11) is -7.43. The van der Waals surface area contributed by atoms with E-state index in [0.29, 0.717) is 22.3 Å². The van der Waals surface area contributed by atoms with Crippen molar-refractivity contribution >= 4 is 61.8 Å². The Morgan fingerprint density at radius 2 is 1.11 bits per heavy atom. The Kier molecular flexibility index (Phi) is 17.8. The van der Waals surface area contributed by atoms with Gasteiger partial charge < -0.3 is 29.6 Å². The first-order valence-electron chi connectivity index (χ1n) is 28.7. The molecule has 2 aliphatic rings. The maximum atomic E-state index is 16.0. The van der Waals surface area contributed by atoms with Gasteiger partial charge in [0, 0.05) is 23.1 Å². The lowest BCUT2D eigenvalue weighted by molar-refractivity contribution is -0.0464. The van der Waals surface area contributed by atoms with Gasteiger partial charge in [-0.15, -0.1) is 0 Å². The van der Waals surface area contributed by atoms with Crippen LogP contribution in [0.25, 0.3) is 22.3 Å². The highest BCUT2D eigenvalue weighted by molar-refractivity contribution is 7.51. The third kappa shape index (κ3) is 12.4. The molecule has 5 aromatic carbocycles. The SMILES string of the molecule is C[C@@H]1C(NC(c2ccccc2)(c2ccccc2)c2ccccc2)[C@@H](COP(=O)(N[C@H]2[C@@H](O[Si](C)(C)C(C)(C)C)[C@H](n3cnc4c(NC(=O)c5ccccc5)ncnc43)O[C@@H]2CO)OCCC#N)O[C@H]1n1cnc2c(NC(=O)c3ccccc3)ncnc21. The van der Waals surface area contributed by atoms with E-state index in [1.165, 1.54) is 19.0 Å². The number of benzene rings is 5. The van der Waals surface area contributed by atoms with Gasteiger partial charge in [-0.25, -0.2) is 39.6 Å². The number of aliphatic hydroxyl groups is 1. The van der Waals surface area contributed by atoms with Crippen LogP contribution in [0.1, 0.15) is 84.0 Å². The van der Waals surface area contributed by atoms with Crippen LogP contribution in [0.5, 0.6) is 0 Å². The Bertz CT molecular complexity index is 3840. The van der Waals surface area contributed by atoms with Crippen molar-refractivity contribution in [3.05, 3.63) is 205 Å². The summed E-state index contributed by atoms with van der Waals surface area (Å²) in [4.78, 5) is 54.4. The Labute approximate surface area is 504 Å². The molecule has 2 fully saturated rings. The average Bonchev–Trinajstić information content (AvgIpc) is 1.88. The second kappa shape index (κ2) is 25.6. The normalized spacial score (nSPS) is 21.4. The van der Waals surface area contributed by atoms with Gasteiger partial charge in [0.05, 0.1) is 62.7 Å². The average molecular weight is 1210 g/mol. The van der Waals surface area contributed by atoms with Crippen molar-refractivity contribution in [1.29, 1.82) is 5.26 Å². The van der Waals surface area contributed by atoms with Crippen molar-refractivity contribution in [3.63, 3.8) is 0 Å². The Morgan fingerprint density at radius 1 is 0.655 bits per heavy atom. The highest BCUT2D eigenvalue weighted by atomic mass is 31.2. The zero-order chi connectivity index (χ0) is 60.9. The number of nitriles is 1. The van der Waals surface area contributed by atoms with Crippen LogP contribution >= 0.6 is 7.75 Å². The fourth-order valence-electron chi connectivity index (χ4n) is 11.0. The highest BCUT2D eigenvalue weighted by Gasteiger charge is 2.55. The monoisotopic (exact) mass is 1210 g/mol. The Morgan fingerprint density at radius 3 is 1.57 bits per heavy atom. The predicted octanol–water partition coefficient (Wildman–Crippen LogP) is 9.95. The van der Waals surface area contributed by atoms with Crippen LogP contribution in [0, 0.1) is 17.2 Å². The van der Waals surface area contributed by atoms with Gasteiger partial charge in [0.25, 0.3) is 11.8 Å². The first kappa shape index (κ1) is 60.4. The lowest BCUT2D eigenvalue weighted by Gasteiger charge is -2.41. The number of aromatic nitrogens is 8. The smallest absolute Gasteiger partial charge is 0.406 e. The molecule has 6 heterocycles. The number of amides is 2. The van der Waals surface area contributed by atoms with Gasteiger partial charge in [0.15, 0.2) is 48.5 Å². The van der Waals surface area contributed by atoms with E-state index >= 15 is 4.57 Å². The Balaban J connectivity index is 0.972. The van der Waals surface area contributed by atoms with Crippen molar-refractivity contribution in [3.8, 4) is 6.07 Å². The third-order valence-electron chi connectivity index (χ3n) is 16.5. The number of aliphatic hydroxyl groups excluding tert-OH is 1. The molecule has 0 spiro atoms. The van der Waals surface area contributed by atoms with Gasteiger partial charge in [-0.2, -0.15) is 5.26 Å². The second-order valence-electron chi connectivity index (χ2n) is 23.0. The van der Waals surface area contributed by atoms with Crippen LogP contribution in [-0.4, -0.2) is 114 Å². The number of ether oxygens (including phenoxy) is 2. The van der Waals surface area contributed by atoms with Crippen LogP contribution < -0.4 is 21.0 Å². The summed E-state index contributed by atoms with van der Waals surface area (Å²) in [5.41, 5.74) is 3.84. The molecular formula is C63H68N13O9PSi. The molecule has 9 aromatic rings. The van der Waals surface area contributed by atoms with Crippen molar-refractivity contribution in [2.45, 2.75) is 101 Å². The minimum atomic E-state index is -4.63. The van der Waals surface area contributed by atoms with Crippen LogP contribution in [0.2, 0.25) is 18.1 Å². The van der Waals surface area contributed by atoms with E-state index in [2.05, 4.69) is 122 Å². The van der Waals surface area contributed by atoms with E-state index in [1.54, 1.807) is 64.0 Å². The molecule has 22 nitrogen and oxygen atoms in total. The number of fused-ring (bicyclic) bond motifs is 2. The molecule has 11 rings (SSSR count). The van der Waals surface area contributed by atoms with E-state index in [-0.39, 0.29) is 53.4 Å². The summed E-state index contributed by atoms with van der Waals surface area (Å²) in [6, 6.07) is 48.1. The molecular weight excluding hydrogens is 1140 g/mol. The van der Waals surface area contributed by atoms with Gasteiger partial charge in [-0.05, 0) is 59.1 Å². The fourth-order valence-corrected chi connectivity index (χ4v) is 13.9. The van der Waals surface area contributed by atoms with Crippen LogP contribution in [0.4, 0.5) is 11.6 Å². The third-order valence-corrected chi connectivity index (χ3v) is 22.6. The summed E-state index contributed by atoms with van der Waals surface area (Å²) in [5, 5.41) is 33.8. The molecule has 0 bridgehead atoms. The Hall–Kier alpha value is -8.24. The molecule has 4 aromatic heterocycles. The van der Waals surface area contributed by atoms with Crippen LogP contribution in [-0.2, 0) is 33.1 Å². The zero-order valence-electron chi connectivity index (χ0n) is 48.9. The van der Waals surface area contributed by atoms with Crippen LogP contribution in [0.3, 0.4) is 0 Å². The van der Waals surface area contributed by atoms with E-state index in [9.17, 15) is 20.0 Å². The van der Waals surface area contributed by atoms with E-state index < -0.39 is 82.9 Å². The topological polar surface area (TPSA) is 277 Å². The minimum Gasteiger partial charge on any atom is -0.408 e. The summed E-state index contributed by atoms with van der Waals surface area (Å²) in [6.45, 7) is 11.2. The second-order valence-corrected chi connectivity index (χ2v) is 29.5. The van der Waals surface area contributed by atoms with Crippen molar-refractivity contribution in [2.24, 2.45) is 5.92 Å². The molecule has 0 aliphatic carbocycles. The molecule has 0 saturated carbocycles. The van der Waals surface area contributed by atoms with Gasteiger partial charge >= 0.3 is 7.75 Å². The maximum absolute atomic E-state index is 16.0. The van der Waals surface area contributed by atoms with E-state index in [0.717, 1.165) is 16.7 Å². The standard InChI is InChI=1S/C63H68N13O9PSi/c1-41-49(73-63(44-27-16-9-17-28-44,45-29-18-10-19-30-45)46-31-20-11-21-32-46)48(84-60(41)75-39-69-51-54(65-37-67-56(51)75)71-58(78)42-23-12-7-13-24-42)36-82-86(80,81-34-22-33-64)74-50-47(35-77)83-61(53(50)85-87(5,6)62(2,3)4)76-40-70-52-55(66-38-68-57(52)76)72-59(79)43-25-14-8-15-26-43/h7-21,23-32,37-41,47-50,53,60-61,73,77H,22,34-36H2,1-6H3,(H,74,80)(H,65,67,71,78)(H,66,68,72,79)/t41-,47-,48-,49?,50-,53-,60-,61-,86?/m1/s1. The summed E-state index contributed by atoms with van der Waals surface area (Å²) in [5.74, 6) is -0.864. The number of hydrogen-bond acceptors (Lipinski definition) is 17. The maximum Gasteiger partial charge on any atom is 0.406 e. The molecule has 9 atom stereocenters. The van der Waals surface area contributed by atoms with Crippen LogP contribution in [0.15, 0.2) is 177 Å². The molecule has 24 heteroatoms. The molecule has 2 amide bonds. The van der Waals surface area contributed by atoms with Crippen molar-refractivity contribution < 1.29 is 42.2 Å². The number of nitrogens with zero attached hydrogens (tertiary/aromatic N) is 9. The highest BCUT2D eigenvalue weighted by Crippen LogP contribution is 2.51. The number of nitrogens with one attached hydrogen (secondary N) is 4. The molecule has 2 aliphatic heterocycles. The largest absolute Gasteiger partial charge is 0.408 e. The van der Waals surface area contributed by atoms with Gasteiger partial charge in [-0.1, -0.05) is 155 Å². The van der Waals surface area contributed by atoms with Gasteiger partial charge in [0.2, 0.25) is 0 Å². The number of carbonyl (C=O) groups is 2. The lowest BCUT2D eigenvalue weighted by atomic mass is 9.75. The number of imidazole rings is 2. The number of rotatable bonds is 22. The quantitative estimate of drug-likeness (QED) is 0.0183. The number of carbonyl (C=O) groups excluding carboxylic acids is 2. The van der Waals surface area contributed by atoms with Crippen molar-refractivity contribution in [1.82, 2.24) is 49.4 Å².